The lowest BCUT2D eigenvalue weighted by Crippen LogP contribution is -2.33. The molecule has 6 nitrogen and oxygen atoms in total. The van der Waals surface area contributed by atoms with Crippen molar-refractivity contribution in [2.24, 2.45) is 5.92 Å². The van der Waals surface area contributed by atoms with Crippen LogP contribution in [0, 0.1) is 16.0 Å². The third kappa shape index (κ3) is 2.89. The fourth-order valence-corrected chi connectivity index (χ4v) is 2.40. The molecule has 0 spiro atoms. The summed E-state index contributed by atoms with van der Waals surface area (Å²) >= 11 is 1.09. The van der Waals surface area contributed by atoms with Crippen molar-refractivity contribution in [3.05, 3.63) is 16.3 Å². The zero-order chi connectivity index (χ0) is 11.4. The predicted molar refractivity (Wildman–Crippen MR) is 62.9 cm³/mol. The van der Waals surface area contributed by atoms with Crippen molar-refractivity contribution in [2.45, 2.75) is 12.8 Å². The second-order valence-corrected chi connectivity index (χ2v) is 4.86. The van der Waals surface area contributed by atoms with Crippen molar-refractivity contribution >= 4 is 21.5 Å². The highest BCUT2D eigenvalue weighted by atomic mass is 32.1. The summed E-state index contributed by atoms with van der Waals surface area (Å²) in [7, 11) is 0. The number of nitrogens with zero attached hydrogens (tertiary/aromatic N) is 2. The molecule has 0 bridgehead atoms. The lowest BCUT2D eigenvalue weighted by atomic mass is 10.00. The predicted octanol–water partition coefficient (Wildman–Crippen LogP) is 1.46. The highest BCUT2D eigenvalue weighted by Gasteiger charge is 2.15. The van der Waals surface area contributed by atoms with Crippen LogP contribution < -0.4 is 10.6 Å². The van der Waals surface area contributed by atoms with Crippen molar-refractivity contribution in [3.8, 4) is 0 Å². The Hall–Kier alpha value is -1.21. The molecule has 0 aliphatic carbocycles. The van der Waals surface area contributed by atoms with Crippen LogP contribution >= 0.6 is 11.3 Å². The molecule has 0 aromatic carbocycles. The van der Waals surface area contributed by atoms with E-state index in [1.807, 2.05) is 0 Å². The Morgan fingerprint density at radius 2 is 2.62 bits per heavy atom. The van der Waals surface area contributed by atoms with E-state index in [-0.39, 0.29) is 5.00 Å². The summed E-state index contributed by atoms with van der Waals surface area (Å²) < 4.78 is 0. The van der Waals surface area contributed by atoms with Crippen LogP contribution in [0.15, 0.2) is 6.20 Å². The molecule has 0 radical (unpaired) electrons. The molecule has 88 valence electrons. The first-order valence-corrected chi connectivity index (χ1v) is 6.12. The summed E-state index contributed by atoms with van der Waals surface area (Å²) in [6, 6.07) is 0. The smallest absolute Gasteiger partial charge is 0.345 e. The Kier molecular flexibility index (Phi) is 3.68. The topological polar surface area (TPSA) is 80.1 Å². The molecule has 0 saturated carbocycles. The van der Waals surface area contributed by atoms with Crippen molar-refractivity contribution < 1.29 is 4.92 Å². The van der Waals surface area contributed by atoms with Gasteiger partial charge < -0.3 is 10.6 Å². The Bertz CT molecular complexity index is 362. The SMILES string of the molecule is O=[N+]([O-])c1cnc(NCC2CCCNC2)s1. The van der Waals surface area contributed by atoms with Crippen molar-refractivity contribution in [3.63, 3.8) is 0 Å². The van der Waals surface area contributed by atoms with E-state index in [1.54, 1.807) is 0 Å². The van der Waals surface area contributed by atoms with Crippen LogP contribution in [0.3, 0.4) is 0 Å². The highest BCUT2D eigenvalue weighted by molar-refractivity contribution is 7.18. The van der Waals surface area contributed by atoms with Crippen molar-refractivity contribution in [1.82, 2.24) is 10.3 Å². The summed E-state index contributed by atoms with van der Waals surface area (Å²) in [5.74, 6) is 0.594. The van der Waals surface area contributed by atoms with Crippen LogP contribution in [0.4, 0.5) is 10.1 Å². The minimum atomic E-state index is -0.412. The molecule has 16 heavy (non-hydrogen) atoms. The molecule has 2 rings (SSSR count). The molecule has 1 aromatic heterocycles. The van der Waals surface area contributed by atoms with Crippen LogP contribution in [-0.4, -0.2) is 29.5 Å². The van der Waals surface area contributed by atoms with Gasteiger partial charge in [-0.05, 0) is 43.2 Å². The normalized spacial score (nSPS) is 20.6. The number of anilines is 1. The number of hydrogen-bond acceptors (Lipinski definition) is 6. The van der Waals surface area contributed by atoms with E-state index in [4.69, 9.17) is 0 Å². The van der Waals surface area contributed by atoms with Crippen LogP contribution in [0.5, 0.6) is 0 Å². The highest BCUT2D eigenvalue weighted by Crippen LogP contribution is 2.25. The number of piperidine rings is 1. The fourth-order valence-electron chi connectivity index (χ4n) is 1.76. The molecule has 2 heterocycles. The third-order valence-corrected chi connectivity index (χ3v) is 3.52. The number of rotatable bonds is 4. The second kappa shape index (κ2) is 5.22. The average molecular weight is 242 g/mol. The molecule has 1 aromatic rings. The lowest BCUT2D eigenvalue weighted by molar-refractivity contribution is -0.380. The zero-order valence-electron chi connectivity index (χ0n) is 8.81. The Morgan fingerprint density at radius 3 is 3.25 bits per heavy atom. The average Bonchev–Trinajstić information content (AvgIpc) is 2.76. The summed E-state index contributed by atoms with van der Waals surface area (Å²) in [5, 5.41) is 17.7. The molecular weight excluding hydrogens is 228 g/mol. The van der Waals surface area contributed by atoms with Gasteiger partial charge in [-0.1, -0.05) is 0 Å². The van der Waals surface area contributed by atoms with Gasteiger partial charge in [-0.25, -0.2) is 4.98 Å². The fraction of sp³-hybridized carbons (Fsp3) is 0.667. The molecule has 7 heteroatoms. The van der Waals surface area contributed by atoms with Crippen molar-refractivity contribution in [1.29, 1.82) is 0 Å². The molecule has 1 saturated heterocycles. The largest absolute Gasteiger partial charge is 0.361 e. The van der Waals surface area contributed by atoms with Gasteiger partial charge in [0.15, 0.2) is 5.13 Å². The maximum atomic E-state index is 10.5. The first-order valence-electron chi connectivity index (χ1n) is 5.30. The molecule has 1 unspecified atom stereocenters. The monoisotopic (exact) mass is 242 g/mol. The minimum absolute atomic E-state index is 0.0873. The van der Waals surface area contributed by atoms with Gasteiger partial charge >= 0.3 is 5.00 Å². The maximum Gasteiger partial charge on any atom is 0.345 e. The molecule has 2 N–H and O–H groups in total. The zero-order valence-corrected chi connectivity index (χ0v) is 9.63. The van der Waals surface area contributed by atoms with Gasteiger partial charge in [0.25, 0.3) is 0 Å². The third-order valence-electron chi connectivity index (χ3n) is 2.61. The summed E-state index contributed by atoms with van der Waals surface area (Å²) in [5.41, 5.74) is 0. The van der Waals surface area contributed by atoms with Crippen LogP contribution in [0.1, 0.15) is 12.8 Å². The Labute approximate surface area is 97.2 Å². The van der Waals surface area contributed by atoms with Gasteiger partial charge in [0.05, 0.1) is 4.92 Å². The Morgan fingerprint density at radius 1 is 1.75 bits per heavy atom. The Balaban J connectivity index is 1.81. The molecular formula is C9H14N4O2S. The van der Waals surface area contributed by atoms with E-state index in [0.29, 0.717) is 11.0 Å². The first kappa shape index (κ1) is 11.3. The lowest BCUT2D eigenvalue weighted by Gasteiger charge is -2.22. The second-order valence-electron chi connectivity index (χ2n) is 3.85. The van der Waals surface area contributed by atoms with Crippen LogP contribution in [-0.2, 0) is 0 Å². The van der Waals surface area contributed by atoms with E-state index < -0.39 is 4.92 Å². The van der Waals surface area contributed by atoms with Crippen LogP contribution in [0.2, 0.25) is 0 Å². The number of nitro groups is 1. The van der Waals surface area contributed by atoms with E-state index in [0.717, 1.165) is 31.0 Å². The van der Waals surface area contributed by atoms with Crippen LogP contribution in [0.25, 0.3) is 0 Å². The van der Waals surface area contributed by atoms with Crippen molar-refractivity contribution in [2.75, 3.05) is 25.0 Å². The van der Waals surface area contributed by atoms with E-state index in [9.17, 15) is 10.1 Å². The minimum Gasteiger partial charge on any atom is -0.361 e. The number of thiazole rings is 1. The standard InChI is InChI=1S/C9H14N4O2S/c14-13(15)8-6-12-9(16-8)11-5-7-2-1-3-10-4-7/h6-7,10H,1-5H2,(H,11,12). The number of nitrogens with one attached hydrogen (secondary N) is 2. The maximum absolute atomic E-state index is 10.5. The van der Waals surface area contributed by atoms with Gasteiger partial charge in [-0.3, -0.25) is 10.1 Å². The molecule has 0 amide bonds. The first-order chi connectivity index (χ1) is 7.75. The van der Waals surface area contributed by atoms with Gasteiger partial charge in [0.2, 0.25) is 0 Å². The molecule has 1 fully saturated rings. The molecule has 1 aliphatic heterocycles. The van der Waals surface area contributed by atoms with E-state index >= 15 is 0 Å². The van der Waals surface area contributed by atoms with Gasteiger partial charge in [-0.2, -0.15) is 0 Å². The van der Waals surface area contributed by atoms with E-state index in [2.05, 4.69) is 15.6 Å². The summed E-state index contributed by atoms with van der Waals surface area (Å²) in [6.07, 6.45) is 3.70. The van der Waals surface area contributed by atoms with Gasteiger partial charge in [0, 0.05) is 6.54 Å². The molecule has 1 atom stereocenters. The summed E-state index contributed by atoms with van der Waals surface area (Å²) in [6.45, 7) is 2.94. The molecule has 1 aliphatic rings. The number of hydrogen-bond donors (Lipinski definition) is 2. The van der Waals surface area contributed by atoms with Gasteiger partial charge in [0.1, 0.15) is 6.20 Å². The number of aromatic nitrogens is 1. The van der Waals surface area contributed by atoms with Gasteiger partial charge in [-0.15, -0.1) is 0 Å². The quantitative estimate of drug-likeness (QED) is 0.617. The summed E-state index contributed by atoms with van der Waals surface area (Å²) in [4.78, 5) is 14.0. The van der Waals surface area contributed by atoms with E-state index in [1.165, 1.54) is 19.0 Å².